The number of nitrogens with two attached hydrogens (primary N) is 1. The van der Waals surface area contributed by atoms with Crippen LogP contribution < -0.4 is 11.3 Å². The molecular formula is C14H26N4. The summed E-state index contributed by atoms with van der Waals surface area (Å²) in [6.07, 6.45) is 15.4. The van der Waals surface area contributed by atoms with Crippen LogP contribution in [0, 0.1) is 0 Å². The standard InChI is InChI=1S/C14H26N4/c1-2-3-4-5-6-7-8-9-13(18-15)14-12-16-10-11-17-14/h10-13,18H,2-9,15H2,1H3. The molecule has 0 aliphatic rings. The van der Waals surface area contributed by atoms with Gasteiger partial charge in [0.25, 0.3) is 0 Å². The Bertz CT molecular complexity index is 289. The fraction of sp³-hybridized carbons (Fsp3) is 0.714. The Morgan fingerprint density at radius 1 is 1.11 bits per heavy atom. The highest BCUT2D eigenvalue weighted by atomic mass is 15.2. The second kappa shape index (κ2) is 9.97. The van der Waals surface area contributed by atoms with Crippen LogP contribution >= 0.6 is 0 Å². The fourth-order valence-electron chi connectivity index (χ4n) is 2.11. The Balaban J connectivity index is 2.13. The number of unbranched alkanes of at least 4 members (excludes halogenated alkanes) is 6. The van der Waals surface area contributed by atoms with Crippen LogP contribution in [0.25, 0.3) is 0 Å². The van der Waals surface area contributed by atoms with E-state index in [0.717, 1.165) is 12.1 Å². The topological polar surface area (TPSA) is 63.8 Å². The molecule has 0 saturated heterocycles. The Morgan fingerprint density at radius 3 is 2.44 bits per heavy atom. The number of aromatic nitrogens is 2. The van der Waals surface area contributed by atoms with Gasteiger partial charge in [-0.15, -0.1) is 0 Å². The minimum Gasteiger partial charge on any atom is -0.271 e. The molecule has 102 valence electrons. The van der Waals surface area contributed by atoms with Gasteiger partial charge < -0.3 is 0 Å². The van der Waals surface area contributed by atoms with Crippen LogP contribution in [-0.4, -0.2) is 9.97 Å². The van der Waals surface area contributed by atoms with E-state index in [1.54, 1.807) is 18.6 Å². The van der Waals surface area contributed by atoms with E-state index in [1.807, 2.05) is 0 Å². The van der Waals surface area contributed by atoms with Crippen LogP contribution in [0.3, 0.4) is 0 Å². The molecule has 1 atom stereocenters. The monoisotopic (exact) mass is 250 g/mol. The average Bonchev–Trinajstić information content (AvgIpc) is 2.43. The van der Waals surface area contributed by atoms with E-state index in [4.69, 9.17) is 5.84 Å². The van der Waals surface area contributed by atoms with Gasteiger partial charge >= 0.3 is 0 Å². The van der Waals surface area contributed by atoms with Crippen molar-refractivity contribution in [3.05, 3.63) is 24.3 Å². The van der Waals surface area contributed by atoms with Crippen molar-refractivity contribution in [3.8, 4) is 0 Å². The van der Waals surface area contributed by atoms with Crippen LogP contribution in [0.5, 0.6) is 0 Å². The molecule has 0 aliphatic heterocycles. The summed E-state index contributed by atoms with van der Waals surface area (Å²) in [6, 6.07) is 0.134. The quantitative estimate of drug-likeness (QED) is 0.380. The van der Waals surface area contributed by atoms with Crippen LogP contribution in [0.1, 0.15) is 70.0 Å². The first-order valence-electron chi connectivity index (χ1n) is 7.10. The maximum absolute atomic E-state index is 5.57. The summed E-state index contributed by atoms with van der Waals surface area (Å²) < 4.78 is 0. The number of nitrogens with zero attached hydrogens (tertiary/aromatic N) is 2. The molecule has 1 aromatic heterocycles. The number of rotatable bonds is 10. The highest BCUT2D eigenvalue weighted by molar-refractivity contribution is 5.01. The molecule has 0 aromatic carbocycles. The van der Waals surface area contributed by atoms with Crippen molar-refractivity contribution >= 4 is 0 Å². The van der Waals surface area contributed by atoms with Crippen molar-refractivity contribution in [1.29, 1.82) is 0 Å². The number of nitrogens with one attached hydrogen (secondary N) is 1. The Labute approximate surface area is 110 Å². The Hall–Kier alpha value is -1.00. The molecule has 0 radical (unpaired) electrons. The van der Waals surface area contributed by atoms with Gasteiger partial charge in [-0.2, -0.15) is 0 Å². The summed E-state index contributed by atoms with van der Waals surface area (Å²) in [7, 11) is 0. The van der Waals surface area contributed by atoms with Crippen molar-refractivity contribution in [2.45, 2.75) is 64.3 Å². The molecule has 18 heavy (non-hydrogen) atoms. The fourth-order valence-corrected chi connectivity index (χ4v) is 2.11. The Kier molecular flexibility index (Phi) is 8.34. The van der Waals surface area contributed by atoms with E-state index in [2.05, 4.69) is 22.3 Å². The first-order chi connectivity index (χ1) is 8.88. The molecular weight excluding hydrogens is 224 g/mol. The molecule has 1 rings (SSSR count). The lowest BCUT2D eigenvalue weighted by atomic mass is 10.0. The summed E-state index contributed by atoms with van der Waals surface area (Å²) in [6.45, 7) is 2.25. The van der Waals surface area contributed by atoms with Gasteiger partial charge in [0, 0.05) is 12.4 Å². The molecule has 0 amide bonds. The normalized spacial score (nSPS) is 12.6. The molecule has 0 fully saturated rings. The molecule has 0 spiro atoms. The second-order valence-electron chi connectivity index (χ2n) is 4.76. The van der Waals surface area contributed by atoms with Crippen LogP contribution in [-0.2, 0) is 0 Å². The van der Waals surface area contributed by atoms with Gasteiger partial charge in [0.1, 0.15) is 0 Å². The summed E-state index contributed by atoms with van der Waals surface area (Å²) >= 11 is 0. The molecule has 0 saturated carbocycles. The minimum atomic E-state index is 0.134. The van der Waals surface area contributed by atoms with E-state index in [0.29, 0.717) is 0 Å². The number of hydrazine groups is 1. The zero-order valence-corrected chi connectivity index (χ0v) is 11.4. The van der Waals surface area contributed by atoms with E-state index in [9.17, 15) is 0 Å². The lowest BCUT2D eigenvalue weighted by Gasteiger charge is -2.14. The molecule has 0 aliphatic carbocycles. The second-order valence-corrected chi connectivity index (χ2v) is 4.76. The van der Waals surface area contributed by atoms with Crippen molar-refractivity contribution < 1.29 is 0 Å². The van der Waals surface area contributed by atoms with Crippen LogP contribution in [0.2, 0.25) is 0 Å². The van der Waals surface area contributed by atoms with Gasteiger partial charge in [-0.1, -0.05) is 51.9 Å². The SMILES string of the molecule is CCCCCCCCCC(NN)c1cnccn1. The maximum Gasteiger partial charge on any atom is 0.0769 e. The van der Waals surface area contributed by atoms with Gasteiger partial charge in [0.15, 0.2) is 0 Å². The van der Waals surface area contributed by atoms with Gasteiger partial charge in [-0.3, -0.25) is 21.2 Å². The predicted octanol–water partition coefficient (Wildman–Crippen LogP) is 3.12. The third-order valence-electron chi connectivity index (χ3n) is 3.24. The zero-order chi connectivity index (χ0) is 13.1. The number of hydrogen-bond acceptors (Lipinski definition) is 4. The third-order valence-corrected chi connectivity index (χ3v) is 3.24. The maximum atomic E-state index is 5.57. The van der Waals surface area contributed by atoms with Crippen molar-refractivity contribution in [2.75, 3.05) is 0 Å². The first-order valence-corrected chi connectivity index (χ1v) is 7.10. The summed E-state index contributed by atoms with van der Waals surface area (Å²) in [5, 5.41) is 0. The molecule has 1 aromatic rings. The van der Waals surface area contributed by atoms with E-state index in [1.165, 1.54) is 44.9 Å². The lowest BCUT2D eigenvalue weighted by molar-refractivity contribution is 0.466. The van der Waals surface area contributed by atoms with Crippen molar-refractivity contribution in [1.82, 2.24) is 15.4 Å². The highest BCUT2D eigenvalue weighted by Crippen LogP contribution is 2.17. The molecule has 4 nitrogen and oxygen atoms in total. The smallest absolute Gasteiger partial charge is 0.0769 e. The van der Waals surface area contributed by atoms with Crippen molar-refractivity contribution in [3.63, 3.8) is 0 Å². The van der Waals surface area contributed by atoms with Gasteiger partial charge in [-0.25, -0.2) is 0 Å². The zero-order valence-electron chi connectivity index (χ0n) is 11.4. The molecule has 3 N–H and O–H groups in total. The van der Waals surface area contributed by atoms with E-state index >= 15 is 0 Å². The average molecular weight is 250 g/mol. The van der Waals surface area contributed by atoms with Crippen LogP contribution in [0.4, 0.5) is 0 Å². The molecule has 1 unspecified atom stereocenters. The lowest BCUT2D eigenvalue weighted by Crippen LogP contribution is -2.28. The predicted molar refractivity (Wildman–Crippen MR) is 74.7 cm³/mol. The Morgan fingerprint density at radius 2 is 1.83 bits per heavy atom. The summed E-state index contributed by atoms with van der Waals surface area (Å²) in [5.74, 6) is 5.57. The summed E-state index contributed by atoms with van der Waals surface area (Å²) in [5.41, 5.74) is 3.76. The molecule has 0 bridgehead atoms. The van der Waals surface area contributed by atoms with Gasteiger partial charge in [0.2, 0.25) is 0 Å². The highest BCUT2D eigenvalue weighted by Gasteiger charge is 2.10. The molecule has 4 heteroatoms. The van der Waals surface area contributed by atoms with Gasteiger partial charge in [0.05, 0.1) is 17.9 Å². The van der Waals surface area contributed by atoms with E-state index in [-0.39, 0.29) is 6.04 Å². The summed E-state index contributed by atoms with van der Waals surface area (Å²) in [4.78, 5) is 8.36. The molecule has 1 heterocycles. The van der Waals surface area contributed by atoms with Crippen molar-refractivity contribution in [2.24, 2.45) is 5.84 Å². The first kappa shape index (κ1) is 15.1. The third kappa shape index (κ3) is 6.07. The number of hydrogen-bond donors (Lipinski definition) is 2. The van der Waals surface area contributed by atoms with E-state index < -0.39 is 0 Å². The van der Waals surface area contributed by atoms with Gasteiger partial charge in [-0.05, 0) is 6.42 Å². The minimum absolute atomic E-state index is 0.134. The largest absolute Gasteiger partial charge is 0.271 e. The van der Waals surface area contributed by atoms with Crippen LogP contribution in [0.15, 0.2) is 18.6 Å².